The Bertz CT molecular complexity index is 545. The van der Waals surface area contributed by atoms with Gasteiger partial charge in [0.05, 0.1) is 18.2 Å². The first-order valence-corrected chi connectivity index (χ1v) is 8.87. The average Bonchev–Trinajstić information content (AvgIpc) is 2.54. The highest BCUT2D eigenvalue weighted by Gasteiger charge is 2.27. The summed E-state index contributed by atoms with van der Waals surface area (Å²) in [5, 5.41) is 12.8. The molecule has 0 radical (unpaired) electrons. The van der Waals surface area contributed by atoms with Crippen LogP contribution in [0.15, 0.2) is 24.3 Å². The molecule has 1 aromatic carbocycles. The zero-order valence-corrected chi connectivity index (χ0v) is 15.2. The van der Waals surface area contributed by atoms with Gasteiger partial charge in [0.2, 0.25) is 0 Å². The van der Waals surface area contributed by atoms with Gasteiger partial charge in [0.15, 0.2) is 0 Å². The first-order chi connectivity index (χ1) is 11.4. The minimum Gasteiger partial charge on any atom is -0.491 e. The molecule has 3 unspecified atom stereocenters. The van der Waals surface area contributed by atoms with Crippen LogP contribution in [0.3, 0.4) is 0 Å². The molecule has 1 heterocycles. The average molecular weight is 334 g/mol. The van der Waals surface area contributed by atoms with Crippen LogP contribution in [-0.2, 0) is 0 Å². The fraction of sp³-hybridized carbons (Fsp3) is 0.632. The van der Waals surface area contributed by atoms with Gasteiger partial charge in [0, 0.05) is 19.0 Å². The number of nitrogens with one attached hydrogen (secondary N) is 1. The lowest BCUT2D eigenvalue weighted by Crippen LogP contribution is -2.47. The van der Waals surface area contributed by atoms with Crippen LogP contribution in [-0.4, -0.2) is 41.3 Å². The van der Waals surface area contributed by atoms with E-state index in [4.69, 9.17) is 4.74 Å². The SMILES string of the molecule is CC(C)Oc1cccc(C(C)NC(=O)N2CCCC(C(C)O)C2)c1. The lowest BCUT2D eigenvalue weighted by molar-refractivity contribution is 0.0734. The Morgan fingerprint density at radius 1 is 1.33 bits per heavy atom. The first kappa shape index (κ1) is 18.6. The zero-order chi connectivity index (χ0) is 17.7. The molecule has 1 saturated heterocycles. The van der Waals surface area contributed by atoms with E-state index in [1.165, 1.54) is 0 Å². The molecule has 0 aliphatic carbocycles. The standard InChI is InChI=1S/C19H30N2O3/c1-13(2)24-18-9-5-7-16(11-18)14(3)20-19(23)21-10-6-8-17(12-21)15(4)22/h5,7,9,11,13-15,17,22H,6,8,10,12H2,1-4H3,(H,20,23). The van der Waals surface area contributed by atoms with Crippen LogP contribution < -0.4 is 10.1 Å². The van der Waals surface area contributed by atoms with Crippen molar-refractivity contribution in [2.45, 2.75) is 58.8 Å². The third kappa shape index (κ3) is 5.13. The minimum absolute atomic E-state index is 0.0666. The van der Waals surface area contributed by atoms with E-state index < -0.39 is 0 Å². The molecule has 2 N–H and O–H groups in total. The van der Waals surface area contributed by atoms with Crippen LogP contribution >= 0.6 is 0 Å². The number of nitrogens with zero attached hydrogens (tertiary/aromatic N) is 1. The molecule has 0 aromatic heterocycles. The van der Waals surface area contributed by atoms with Gasteiger partial charge >= 0.3 is 6.03 Å². The Morgan fingerprint density at radius 3 is 2.75 bits per heavy atom. The molecule has 24 heavy (non-hydrogen) atoms. The van der Waals surface area contributed by atoms with Crippen molar-refractivity contribution in [1.29, 1.82) is 0 Å². The van der Waals surface area contributed by atoms with Crippen molar-refractivity contribution in [3.8, 4) is 5.75 Å². The summed E-state index contributed by atoms with van der Waals surface area (Å²) < 4.78 is 5.72. The van der Waals surface area contributed by atoms with Crippen LogP contribution in [0.4, 0.5) is 4.79 Å². The maximum Gasteiger partial charge on any atom is 0.317 e. The van der Waals surface area contributed by atoms with Gasteiger partial charge in [-0.15, -0.1) is 0 Å². The molecule has 1 fully saturated rings. The highest BCUT2D eigenvalue weighted by atomic mass is 16.5. The van der Waals surface area contributed by atoms with Crippen molar-refractivity contribution in [3.05, 3.63) is 29.8 Å². The third-order valence-electron chi connectivity index (χ3n) is 4.50. The molecule has 0 saturated carbocycles. The Labute approximate surface area is 145 Å². The summed E-state index contributed by atoms with van der Waals surface area (Å²) in [6, 6.07) is 7.67. The number of benzene rings is 1. The van der Waals surface area contributed by atoms with Crippen LogP contribution in [0.25, 0.3) is 0 Å². The Hall–Kier alpha value is -1.75. The van der Waals surface area contributed by atoms with E-state index in [1.54, 1.807) is 6.92 Å². The van der Waals surface area contributed by atoms with Crippen LogP contribution in [0, 0.1) is 5.92 Å². The number of aliphatic hydroxyl groups is 1. The van der Waals surface area contributed by atoms with Crippen molar-refractivity contribution < 1.29 is 14.6 Å². The van der Waals surface area contributed by atoms with E-state index in [0.29, 0.717) is 6.54 Å². The fourth-order valence-corrected chi connectivity index (χ4v) is 3.08. The highest BCUT2D eigenvalue weighted by Crippen LogP contribution is 2.22. The summed E-state index contributed by atoms with van der Waals surface area (Å²) >= 11 is 0. The maximum atomic E-state index is 12.5. The molecular weight excluding hydrogens is 304 g/mol. The number of aliphatic hydroxyl groups excluding tert-OH is 1. The smallest absolute Gasteiger partial charge is 0.317 e. The topological polar surface area (TPSA) is 61.8 Å². The second-order valence-electron chi connectivity index (χ2n) is 7.00. The van der Waals surface area contributed by atoms with Gasteiger partial charge in [0.1, 0.15) is 5.75 Å². The minimum atomic E-state index is -0.372. The van der Waals surface area contributed by atoms with Crippen LogP contribution in [0.2, 0.25) is 0 Å². The summed E-state index contributed by atoms with van der Waals surface area (Å²) in [5.41, 5.74) is 1.02. The summed E-state index contributed by atoms with van der Waals surface area (Å²) in [6.45, 7) is 9.13. The number of carbonyl (C=O) groups excluding carboxylic acids is 1. The fourth-order valence-electron chi connectivity index (χ4n) is 3.08. The van der Waals surface area contributed by atoms with Crippen molar-refractivity contribution in [3.63, 3.8) is 0 Å². The second-order valence-corrected chi connectivity index (χ2v) is 7.00. The summed E-state index contributed by atoms with van der Waals surface area (Å²) in [5.74, 6) is 0.985. The summed E-state index contributed by atoms with van der Waals surface area (Å²) in [6.07, 6.45) is 1.67. The largest absolute Gasteiger partial charge is 0.491 e. The number of hydrogen-bond acceptors (Lipinski definition) is 3. The number of urea groups is 1. The van der Waals surface area contributed by atoms with Crippen molar-refractivity contribution >= 4 is 6.03 Å². The van der Waals surface area contributed by atoms with Gasteiger partial charge in [-0.1, -0.05) is 12.1 Å². The molecule has 5 heteroatoms. The summed E-state index contributed by atoms with van der Waals surface area (Å²) in [7, 11) is 0. The molecule has 3 atom stereocenters. The first-order valence-electron chi connectivity index (χ1n) is 8.87. The normalized spacial score (nSPS) is 20.6. The van der Waals surface area contributed by atoms with Gasteiger partial charge in [-0.2, -0.15) is 0 Å². The molecular formula is C19H30N2O3. The van der Waals surface area contributed by atoms with Gasteiger partial charge in [-0.25, -0.2) is 4.79 Å². The number of carbonyl (C=O) groups is 1. The maximum absolute atomic E-state index is 12.5. The van der Waals surface area contributed by atoms with Crippen molar-refractivity contribution in [1.82, 2.24) is 10.2 Å². The van der Waals surface area contributed by atoms with E-state index in [0.717, 1.165) is 30.7 Å². The summed E-state index contributed by atoms with van der Waals surface area (Å²) in [4.78, 5) is 14.3. The van der Waals surface area contributed by atoms with E-state index >= 15 is 0 Å². The molecule has 0 bridgehead atoms. The number of piperidine rings is 1. The lowest BCUT2D eigenvalue weighted by atomic mass is 9.94. The molecule has 1 aromatic rings. The lowest BCUT2D eigenvalue weighted by Gasteiger charge is -2.34. The molecule has 0 spiro atoms. The number of rotatable bonds is 5. The highest BCUT2D eigenvalue weighted by molar-refractivity contribution is 5.74. The number of likely N-dealkylation sites (tertiary alicyclic amines) is 1. The van der Waals surface area contributed by atoms with Crippen molar-refractivity contribution in [2.75, 3.05) is 13.1 Å². The van der Waals surface area contributed by atoms with Gasteiger partial charge in [-0.05, 0) is 58.2 Å². The molecule has 1 aliphatic heterocycles. The molecule has 2 amide bonds. The van der Waals surface area contributed by atoms with Gasteiger partial charge in [-0.3, -0.25) is 0 Å². The predicted octanol–water partition coefficient (Wildman–Crippen LogP) is 3.34. The Morgan fingerprint density at radius 2 is 2.08 bits per heavy atom. The van der Waals surface area contributed by atoms with E-state index in [-0.39, 0.29) is 30.2 Å². The Balaban J connectivity index is 1.96. The molecule has 134 valence electrons. The van der Waals surface area contributed by atoms with Crippen LogP contribution in [0.1, 0.15) is 52.1 Å². The monoisotopic (exact) mass is 334 g/mol. The zero-order valence-electron chi connectivity index (χ0n) is 15.2. The predicted molar refractivity (Wildman–Crippen MR) is 95.1 cm³/mol. The second kappa shape index (κ2) is 8.38. The van der Waals surface area contributed by atoms with E-state index in [2.05, 4.69) is 5.32 Å². The Kier molecular flexibility index (Phi) is 6.49. The van der Waals surface area contributed by atoms with Crippen molar-refractivity contribution in [2.24, 2.45) is 5.92 Å². The van der Waals surface area contributed by atoms with Crippen LogP contribution in [0.5, 0.6) is 5.75 Å². The third-order valence-corrected chi connectivity index (χ3v) is 4.50. The molecule has 2 rings (SSSR count). The molecule has 5 nitrogen and oxygen atoms in total. The molecule has 1 aliphatic rings. The van der Waals surface area contributed by atoms with Gasteiger partial charge < -0.3 is 20.1 Å². The van der Waals surface area contributed by atoms with E-state index in [1.807, 2.05) is 49.9 Å². The number of ether oxygens (including phenoxy) is 1. The number of amides is 2. The quantitative estimate of drug-likeness (QED) is 0.868. The number of hydrogen-bond donors (Lipinski definition) is 2. The van der Waals surface area contributed by atoms with Gasteiger partial charge in [0.25, 0.3) is 0 Å². The van der Waals surface area contributed by atoms with E-state index in [9.17, 15) is 9.90 Å².